The smallest absolute Gasteiger partial charge is 0.312 e. The van der Waals surface area contributed by atoms with Crippen LogP contribution in [0.3, 0.4) is 0 Å². The molecule has 0 aromatic carbocycles. The van der Waals surface area contributed by atoms with Crippen LogP contribution in [-0.2, 0) is 25.7 Å². The Kier molecular flexibility index (Phi) is 5.75. The molecule has 1 aliphatic heterocycles. The van der Waals surface area contributed by atoms with Gasteiger partial charge in [0, 0.05) is 19.2 Å². The Morgan fingerprint density at radius 2 is 2.26 bits per heavy atom. The zero-order valence-electron chi connectivity index (χ0n) is 14.6. The van der Waals surface area contributed by atoms with Gasteiger partial charge in [-0.3, -0.25) is 14.4 Å². The van der Waals surface area contributed by atoms with E-state index in [1.54, 1.807) is 24.3 Å². The number of hydrogen-bond acceptors (Lipinski definition) is 6. The number of pyridine rings is 1. The molecule has 9 heteroatoms. The summed E-state index contributed by atoms with van der Waals surface area (Å²) in [4.78, 5) is 42.0. The number of halogens is 1. The molecule has 2 aromatic heterocycles. The zero-order valence-corrected chi connectivity index (χ0v) is 15.3. The zero-order chi connectivity index (χ0) is 19.4. The second-order valence-electron chi connectivity index (χ2n) is 6.16. The third-order valence-electron chi connectivity index (χ3n) is 4.15. The first-order valence-electron chi connectivity index (χ1n) is 8.36. The van der Waals surface area contributed by atoms with E-state index in [-0.39, 0.29) is 24.0 Å². The lowest BCUT2D eigenvalue weighted by molar-refractivity contribution is -0.157. The first-order valence-corrected chi connectivity index (χ1v) is 8.74. The van der Waals surface area contributed by atoms with Crippen molar-refractivity contribution < 1.29 is 23.5 Å². The Morgan fingerprint density at radius 3 is 2.96 bits per heavy atom. The number of anilines is 1. The molecular weight excluding hydrogens is 374 g/mol. The van der Waals surface area contributed by atoms with Gasteiger partial charge in [-0.2, -0.15) is 0 Å². The molecule has 1 fully saturated rings. The van der Waals surface area contributed by atoms with E-state index in [4.69, 9.17) is 20.8 Å². The van der Waals surface area contributed by atoms with Crippen LogP contribution in [0.4, 0.5) is 5.69 Å². The third-order valence-corrected chi connectivity index (χ3v) is 4.45. The molecule has 0 bridgehead atoms. The molecule has 2 aromatic rings. The standard InChI is InChI=1S/C18H18ClN3O5/c1-11(17(24)21-14-5-2-6-20-16(14)19)27-18(25)12-8-15(23)22(9-12)10-13-4-3-7-26-13/h2-7,11-12H,8-10H2,1H3,(H,21,24)/t11-,12-/m1/s1. The highest BCUT2D eigenvalue weighted by molar-refractivity contribution is 6.32. The van der Waals surface area contributed by atoms with Crippen LogP contribution in [0.2, 0.25) is 5.15 Å². The molecule has 3 heterocycles. The SMILES string of the molecule is C[C@@H](OC(=O)[C@@H]1CC(=O)N(Cc2ccco2)C1)C(=O)Nc1cccnc1Cl. The summed E-state index contributed by atoms with van der Waals surface area (Å²) < 4.78 is 10.4. The molecule has 2 amide bonds. The molecule has 1 aliphatic rings. The van der Waals surface area contributed by atoms with Crippen molar-refractivity contribution in [1.82, 2.24) is 9.88 Å². The lowest BCUT2D eigenvalue weighted by Gasteiger charge is -2.17. The van der Waals surface area contributed by atoms with Crippen molar-refractivity contribution in [2.75, 3.05) is 11.9 Å². The van der Waals surface area contributed by atoms with Crippen molar-refractivity contribution in [2.24, 2.45) is 5.92 Å². The van der Waals surface area contributed by atoms with Crippen LogP contribution in [-0.4, -0.2) is 40.3 Å². The number of amides is 2. The summed E-state index contributed by atoms with van der Waals surface area (Å²) in [6.45, 7) is 1.97. The van der Waals surface area contributed by atoms with Crippen LogP contribution >= 0.6 is 11.6 Å². The molecule has 0 saturated carbocycles. The summed E-state index contributed by atoms with van der Waals surface area (Å²) >= 11 is 5.89. The number of carbonyl (C=O) groups excluding carboxylic acids is 3. The Hall–Kier alpha value is -2.87. The van der Waals surface area contributed by atoms with Gasteiger partial charge >= 0.3 is 5.97 Å². The van der Waals surface area contributed by atoms with Crippen LogP contribution in [0.1, 0.15) is 19.1 Å². The molecule has 0 aliphatic carbocycles. The summed E-state index contributed by atoms with van der Waals surface area (Å²) in [6, 6.07) is 6.70. The third kappa shape index (κ3) is 4.65. The quantitative estimate of drug-likeness (QED) is 0.598. The van der Waals surface area contributed by atoms with E-state index >= 15 is 0 Å². The number of nitrogens with one attached hydrogen (secondary N) is 1. The average molecular weight is 392 g/mol. The molecule has 3 rings (SSSR count). The second-order valence-corrected chi connectivity index (χ2v) is 6.52. The number of likely N-dealkylation sites (tertiary alicyclic amines) is 1. The number of aromatic nitrogens is 1. The van der Waals surface area contributed by atoms with Gasteiger partial charge in [0.25, 0.3) is 5.91 Å². The predicted molar refractivity (Wildman–Crippen MR) is 95.7 cm³/mol. The maximum atomic E-state index is 12.3. The van der Waals surface area contributed by atoms with E-state index in [2.05, 4.69) is 10.3 Å². The van der Waals surface area contributed by atoms with E-state index in [1.807, 2.05) is 0 Å². The fourth-order valence-corrected chi connectivity index (χ4v) is 2.88. The van der Waals surface area contributed by atoms with Crippen LogP contribution in [0, 0.1) is 5.92 Å². The van der Waals surface area contributed by atoms with Gasteiger partial charge in [-0.15, -0.1) is 0 Å². The normalized spacial score (nSPS) is 17.6. The Bertz CT molecular complexity index is 839. The summed E-state index contributed by atoms with van der Waals surface area (Å²) in [5.74, 6) is -1.27. The van der Waals surface area contributed by atoms with Crippen LogP contribution < -0.4 is 5.32 Å². The maximum Gasteiger partial charge on any atom is 0.312 e. The van der Waals surface area contributed by atoms with E-state index in [0.717, 1.165) is 0 Å². The molecule has 1 saturated heterocycles. The van der Waals surface area contributed by atoms with Gasteiger partial charge in [0.1, 0.15) is 5.76 Å². The summed E-state index contributed by atoms with van der Waals surface area (Å²) in [7, 11) is 0. The maximum absolute atomic E-state index is 12.3. The number of hydrogen-bond donors (Lipinski definition) is 1. The minimum atomic E-state index is -1.04. The van der Waals surface area contributed by atoms with E-state index < -0.39 is 23.9 Å². The fourth-order valence-electron chi connectivity index (χ4n) is 2.71. The minimum absolute atomic E-state index is 0.0440. The second kappa shape index (κ2) is 8.22. The first-order chi connectivity index (χ1) is 12.9. The largest absolute Gasteiger partial charge is 0.467 e. The topological polar surface area (TPSA) is 102 Å². The van der Waals surface area contributed by atoms with Crippen LogP contribution in [0.5, 0.6) is 0 Å². The van der Waals surface area contributed by atoms with Crippen LogP contribution in [0.25, 0.3) is 0 Å². The van der Waals surface area contributed by atoms with Gasteiger partial charge in [-0.25, -0.2) is 4.98 Å². The van der Waals surface area contributed by atoms with Gasteiger partial charge in [0.05, 0.1) is 24.4 Å². The minimum Gasteiger partial charge on any atom is -0.467 e. The highest BCUT2D eigenvalue weighted by Gasteiger charge is 2.37. The lowest BCUT2D eigenvalue weighted by atomic mass is 10.1. The molecule has 142 valence electrons. The lowest BCUT2D eigenvalue weighted by Crippen LogP contribution is -2.33. The van der Waals surface area contributed by atoms with Crippen molar-refractivity contribution in [3.8, 4) is 0 Å². The van der Waals surface area contributed by atoms with Crippen molar-refractivity contribution >= 4 is 35.1 Å². The number of esters is 1. The molecule has 0 unspecified atom stereocenters. The number of nitrogens with zero attached hydrogens (tertiary/aromatic N) is 2. The first kappa shape index (κ1) is 18.9. The van der Waals surface area contributed by atoms with E-state index in [9.17, 15) is 14.4 Å². The van der Waals surface area contributed by atoms with Gasteiger partial charge in [-0.1, -0.05) is 11.6 Å². The Balaban J connectivity index is 1.53. The molecule has 27 heavy (non-hydrogen) atoms. The van der Waals surface area contributed by atoms with Crippen molar-refractivity contribution in [3.05, 3.63) is 47.6 Å². The van der Waals surface area contributed by atoms with Crippen LogP contribution in [0.15, 0.2) is 41.1 Å². The molecular formula is C18H18ClN3O5. The summed E-state index contributed by atoms with van der Waals surface area (Å²) in [5, 5.41) is 2.69. The van der Waals surface area contributed by atoms with Crippen molar-refractivity contribution in [2.45, 2.75) is 26.0 Å². The number of ether oxygens (including phenoxy) is 1. The van der Waals surface area contributed by atoms with Gasteiger partial charge in [0.2, 0.25) is 5.91 Å². The molecule has 0 radical (unpaired) electrons. The number of rotatable bonds is 6. The number of carbonyl (C=O) groups is 3. The Labute approximate surface area is 160 Å². The van der Waals surface area contributed by atoms with Crippen molar-refractivity contribution in [1.29, 1.82) is 0 Å². The van der Waals surface area contributed by atoms with Crippen molar-refractivity contribution in [3.63, 3.8) is 0 Å². The molecule has 1 N–H and O–H groups in total. The summed E-state index contributed by atoms with van der Waals surface area (Å²) in [5.41, 5.74) is 0.327. The highest BCUT2D eigenvalue weighted by atomic mass is 35.5. The monoisotopic (exact) mass is 391 g/mol. The van der Waals surface area contributed by atoms with Gasteiger partial charge < -0.3 is 19.4 Å². The van der Waals surface area contributed by atoms with Gasteiger partial charge in [-0.05, 0) is 31.2 Å². The molecule has 0 spiro atoms. The van der Waals surface area contributed by atoms with E-state index in [0.29, 0.717) is 18.0 Å². The average Bonchev–Trinajstić information content (AvgIpc) is 3.27. The molecule has 8 nitrogen and oxygen atoms in total. The predicted octanol–water partition coefficient (Wildman–Crippen LogP) is 2.25. The molecule has 2 atom stereocenters. The fraction of sp³-hybridized carbons (Fsp3) is 0.333. The van der Waals surface area contributed by atoms with E-state index in [1.165, 1.54) is 24.3 Å². The Morgan fingerprint density at radius 1 is 1.44 bits per heavy atom. The number of furan rings is 1. The summed E-state index contributed by atoms with van der Waals surface area (Å²) in [6.07, 6.45) is 2.02. The van der Waals surface area contributed by atoms with Gasteiger partial charge in [0.15, 0.2) is 11.3 Å². The highest BCUT2D eigenvalue weighted by Crippen LogP contribution is 2.23.